The van der Waals surface area contributed by atoms with Crippen molar-refractivity contribution in [3.63, 3.8) is 0 Å². The molecule has 4 amide bonds. The third kappa shape index (κ3) is 11.0. The van der Waals surface area contributed by atoms with Crippen molar-refractivity contribution in [1.29, 1.82) is 0 Å². The van der Waals surface area contributed by atoms with Crippen LogP contribution in [0, 0.1) is 0 Å². The minimum absolute atomic E-state index is 0.0111. The number of likely N-dealkylation sites (tertiary alicyclic amines) is 2. The molecule has 0 aliphatic carbocycles. The van der Waals surface area contributed by atoms with Crippen LogP contribution >= 0.6 is 45.3 Å². The predicted molar refractivity (Wildman–Crippen MR) is 273 cm³/mol. The lowest BCUT2D eigenvalue weighted by Gasteiger charge is -2.37. The van der Waals surface area contributed by atoms with Crippen molar-refractivity contribution in [2.75, 3.05) is 51.6 Å². The van der Waals surface area contributed by atoms with Crippen LogP contribution in [-0.2, 0) is 40.4 Å². The normalized spacial score (nSPS) is 18.4. The zero-order valence-corrected chi connectivity index (χ0v) is 41.9. The number of anilines is 1. The van der Waals surface area contributed by atoms with Crippen molar-refractivity contribution in [2.45, 2.75) is 82.6 Å². The minimum Gasteiger partial charge on any atom is -0.352 e. The average Bonchev–Trinajstić information content (AvgIpc) is 4.16. The Morgan fingerprint density at radius 2 is 1.35 bits per heavy atom. The lowest BCUT2D eigenvalue weighted by atomic mass is 10.0. The topological polar surface area (TPSA) is 169 Å². The third-order valence-corrected chi connectivity index (χ3v) is 17.8. The molecule has 6 aromatic rings. The number of thiazole rings is 2. The fourth-order valence-corrected chi connectivity index (χ4v) is 13.3. The Bertz CT molecular complexity index is 2860. The standard InChI is InChI=1S/C51H55N9O5S4/c1-30(61)54-21-34-11-10-33(45-23-56-49(69-45)36-26-59(27-36)50(64)42-13-12-38(66-42)20-41(62)39-8-4-16-52-39)19-35(34)25-58(2)24-31-6-3-7-32(18-31)44-22-55-48(68-44)37-28-60(29-37)51(65)43-14-15-46(67-43)57-47(63)40-9-5-17-53-40/h3,6-7,10-15,18-19,22-23,36-37,39-40,52-53H,4-5,8-9,16-17,20-21,24-29H2,1-2H3,(H,54,61)(H,57,63)/t39-,40-/m0/s1. The number of ketones is 1. The van der Waals surface area contributed by atoms with Crippen LogP contribution in [0.4, 0.5) is 5.00 Å². The molecule has 0 unspecified atom stereocenters. The maximum Gasteiger partial charge on any atom is 0.264 e. The summed E-state index contributed by atoms with van der Waals surface area (Å²) in [4.78, 5) is 83.8. The fourth-order valence-electron chi connectivity index (χ4n) is 9.41. The molecule has 0 spiro atoms. The first-order valence-corrected chi connectivity index (χ1v) is 26.9. The van der Waals surface area contributed by atoms with Crippen LogP contribution in [-0.4, -0.2) is 112 Å². The van der Waals surface area contributed by atoms with Gasteiger partial charge < -0.3 is 31.1 Å². The Morgan fingerprint density at radius 3 is 2.00 bits per heavy atom. The lowest BCUT2D eigenvalue weighted by Crippen LogP contribution is -2.48. The number of amides is 4. The van der Waals surface area contributed by atoms with Gasteiger partial charge in [0.05, 0.1) is 46.6 Å². The van der Waals surface area contributed by atoms with E-state index in [0.29, 0.717) is 67.0 Å². The summed E-state index contributed by atoms with van der Waals surface area (Å²) in [6, 6.07) is 22.1. The van der Waals surface area contributed by atoms with Gasteiger partial charge in [0, 0.05) is 88.3 Å². The third-order valence-electron chi connectivity index (χ3n) is 13.3. The molecule has 18 heteroatoms. The average molecular weight is 1000 g/mol. The Morgan fingerprint density at radius 1 is 0.710 bits per heavy atom. The first-order chi connectivity index (χ1) is 33.5. The second kappa shape index (κ2) is 20.9. The highest BCUT2D eigenvalue weighted by Crippen LogP contribution is 2.38. The minimum atomic E-state index is -0.170. The smallest absolute Gasteiger partial charge is 0.264 e. The number of carbonyl (C=O) groups is 5. The maximum absolute atomic E-state index is 13.3. The second-order valence-electron chi connectivity index (χ2n) is 18.6. The second-order valence-corrected chi connectivity index (χ2v) is 22.9. The number of Topliss-reactive ketones (excluding diaryl/α,β-unsaturated/α-hetero) is 1. The summed E-state index contributed by atoms with van der Waals surface area (Å²) >= 11 is 6.08. The van der Waals surface area contributed by atoms with Crippen LogP contribution in [0.1, 0.15) is 95.4 Å². The van der Waals surface area contributed by atoms with E-state index in [0.717, 1.165) is 85.7 Å². The number of carbonyl (C=O) groups excluding carboxylic acids is 5. The molecule has 2 aromatic carbocycles. The van der Waals surface area contributed by atoms with Crippen LogP contribution in [0.5, 0.6) is 0 Å². The first-order valence-electron chi connectivity index (χ1n) is 23.6. The predicted octanol–water partition coefficient (Wildman–Crippen LogP) is 7.36. The van der Waals surface area contributed by atoms with Gasteiger partial charge in [-0.05, 0) is 110 Å². The van der Waals surface area contributed by atoms with Gasteiger partial charge in [0.15, 0.2) is 5.78 Å². The summed E-state index contributed by atoms with van der Waals surface area (Å²) in [7, 11) is 2.11. The Labute approximate surface area is 417 Å². The van der Waals surface area contributed by atoms with Crippen molar-refractivity contribution in [3.05, 3.63) is 120 Å². The maximum atomic E-state index is 13.3. The zero-order chi connectivity index (χ0) is 47.6. The number of hydrogen-bond acceptors (Lipinski definition) is 14. The molecule has 10 rings (SSSR count). The van der Waals surface area contributed by atoms with Crippen molar-refractivity contribution in [2.24, 2.45) is 0 Å². The number of rotatable bonds is 17. The van der Waals surface area contributed by atoms with Gasteiger partial charge in [0.25, 0.3) is 11.8 Å². The molecule has 358 valence electrons. The number of nitrogens with one attached hydrogen (secondary N) is 4. The van der Waals surface area contributed by atoms with Crippen molar-refractivity contribution < 1.29 is 24.0 Å². The summed E-state index contributed by atoms with van der Waals surface area (Å²) in [5.74, 6) is 0.422. The number of aromatic nitrogens is 2. The lowest BCUT2D eigenvalue weighted by molar-refractivity contribution is -0.120. The van der Waals surface area contributed by atoms with E-state index in [9.17, 15) is 24.0 Å². The van der Waals surface area contributed by atoms with Gasteiger partial charge in [-0.2, -0.15) is 0 Å². The SMILES string of the molecule is CC(=O)NCc1ccc(-c2cnc(C3CN(C(=O)c4ccc(CC(=O)[C@@H]5CCCN5)s4)C3)s2)cc1CN(C)Cc1cccc(-c2cnc(C3CN(C(=O)c4ccc(NC(=O)[C@@H]5CCCN5)s4)C3)s2)c1. The highest BCUT2D eigenvalue weighted by molar-refractivity contribution is 7.18. The van der Waals surface area contributed by atoms with Gasteiger partial charge in [-0.15, -0.1) is 45.3 Å². The molecule has 4 fully saturated rings. The quantitative estimate of drug-likeness (QED) is 0.0725. The molecule has 4 aliphatic heterocycles. The molecule has 0 bridgehead atoms. The van der Waals surface area contributed by atoms with E-state index < -0.39 is 0 Å². The molecule has 14 nitrogen and oxygen atoms in total. The molecule has 4 saturated heterocycles. The molecule has 0 saturated carbocycles. The van der Waals surface area contributed by atoms with Crippen LogP contribution in [0.25, 0.3) is 20.9 Å². The molecule has 4 aliphatic rings. The summed E-state index contributed by atoms with van der Waals surface area (Å²) < 4.78 is 0. The zero-order valence-electron chi connectivity index (χ0n) is 38.6. The van der Waals surface area contributed by atoms with E-state index in [1.165, 1.54) is 35.2 Å². The number of thiophene rings is 2. The molecular weight excluding hydrogens is 947 g/mol. The van der Waals surface area contributed by atoms with Gasteiger partial charge in [-0.1, -0.05) is 30.3 Å². The molecule has 0 radical (unpaired) electrons. The highest BCUT2D eigenvalue weighted by Gasteiger charge is 2.36. The van der Waals surface area contributed by atoms with E-state index >= 15 is 0 Å². The van der Waals surface area contributed by atoms with Crippen LogP contribution in [0.2, 0.25) is 0 Å². The van der Waals surface area contributed by atoms with E-state index in [-0.39, 0.29) is 53.3 Å². The first kappa shape index (κ1) is 47.2. The molecule has 8 heterocycles. The van der Waals surface area contributed by atoms with Gasteiger partial charge in [0.2, 0.25) is 11.8 Å². The van der Waals surface area contributed by atoms with Gasteiger partial charge in [-0.3, -0.25) is 28.9 Å². The van der Waals surface area contributed by atoms with E-state index in [1.807, 2.05) is 40.4 Å². The number of nitrogens with zero attached hydrogens (tertiary/aromatic N) is 5. The van der Waals surface area contributed by atoms with E-state index in [4.69, 9.17) is 9.97 Å². The Balaban J connectivity index is 0.731. The van der Waals surface area contributed by atoms with Gasteiger partial charge in [-0.25, -0.2) is 9.97 Å². The van der Waals surface area contributed by atoms with Crippen LogP contribution < -0.4 is 21.3 Å². The summed E-state index contributed by atoms with van der Waals surface area (Å²) in [6.07, 6.45) is 7.97. The number of hydrogen-bond donors (Lipinski definition) is 4. The summed E-state index contributed by atoms with van der Waals surface area (Å²) in [6.45, 7) is 7.53. The monoisotopic (exact) mass is 1000 g/mol. The molecular formula is C51H55N9O5S4. The van der Waals surface area contributed by atoms with Crippen molar-refractivity contribution in [1.82, 2.24) is 40.6 Å². The summed E-state index contributed by atoms with van der Waals surface area (Å²) in [5.41, 5.74) is 5.51. The Hall–Kier alpha value is -5.47. The highest BCUT2D eigenvalue weighted by atomic mass is 32.1. The molecule has 69 heavy (non-hydrogen) atoms. The van der Waals surface area contributed by atoms with Crippen molar-refractivity contribution in [3.8, 4) is 20.9 Å². The summed E-state index contributed by atoms with van der Waals surface area (Å²) in [5, 5.41) is 15.2. The Kier molecular flexibility index (Phi) is 14.3. The molecule has 4 aromatic heterocycles. The van der Waals surface area contributed by atoms with Crippen LogP contribution in [0.15, 0.2) is 79.1 Å². The van der Waals surface area contributed by atoms with Gasteiger partial charge >= 0.3 is 0 Å². The fraction of sp³-hybridized carbons (Fsp3) is 0.392. The van der Waals surface area contributed by atoms with E-state index in [2.05, 4.69) is 75.7 Å². The van der Waals surface area contributed by atoms with Crippen LogP contribution in [0.3, 0.4) is 0 Å². The molecule has 2 atom stereocenters. The van der Waals surface area contributed by atoms with Crippen molar-refractivity contribution >= 4 is 79.8 Å². The number of benzene rings is 2. The molecule has 4 N–H and O–H groups in total. The largest absolute Gasteiger partial charge is 0.352 e. The van der Waals surface area contributed by atoms with Gasteiger partial charge in [0.1, 0.15) is 0 Å². The van der Waals surface area contributed by atoms with E-state index in [1.54, 1.807) is 28.7 Å².